The molecule has 246 valence electrons. The molecular weight excluding hydrogens is 552 g/mol. The van der Waals surface area contributed by atoms with Crippen LogP contribution < -0.4 is 14.8 Å². The van der Waals surface area contributed by atoms with Crippen molar-refractivity contribution in [3.8, 4) is 11.5 Å². The lowest BCUT2D eigenvalue weighted by molar-refractivity contribution is -0.906. The number of likely N-dealkylation sites (N-methyl/N-ethyl adjacent to an activating group) is 1. The fourth-order valence-electron chi connectivity index (χ4n) is 4.97. The zero-order valence-corrected chi connectivity index (χ0v) is 28.3. The van der Waals surface area contributed by atoms with Gasteiger partial charge in [-0.05, 0) is 63.1 Å². The highest BCUT2D eigenvalue weighted by Crippen LogP contribution is 2.30. The van der Waals surface area contributed by atoms with E-state index in [-0.39, 0.29) is 11.9 Å². The summed E-state index contributed by atoms with van der Waals surface area (Å²) in [6.07, 6.45) is 14.0. The van der Waals surface area contributed by atoms with E-state index in [2.05, 4.69) is 40.1 Å². The van der Waals surface area contributed by atoms with Crippen LogP contribution in [0, 0.1) is 0 Å². The average Bonchev–Trinajstić information content (AvgIpc) is 3.04. The number of quaternary nitrogens is 1. The number of esters is 1. The van der Waals surface area contributed by atoms with Gasteiger partial charge in [0.25, 0.3) is 5.91 Å². The Morgan fingerprint density at radius 1 is 0.659 bits per heavy atom. The van der Waals surface area contributed by atoms with Gasteiger partial charge in [-0.3, -0.25) is 4.79 Å². The lowest BCUT2D eigenvalue weighted by Crippen LogP contribution is -2.46. The van der Waals surface area contributed by atoms with E-state index in [0.29, 0.717) is 48.1 Å². The van der Waals surface area contributed by atoms with Crippen LogP contribution in [0.4, 0.5) is 5.69 Å². The number of carbonyl (C=O) groups excluding carboxylic acids is 2. The van der Waals surface area contributed by atoms with E-state index < -0.39 is 0 Å². The second-order valence-electron chi connectivity index (χ2n) is 12.0. The van der Waals surface area contributed by atoms with Crippen molar-refractivity contribution in [1.29, 1.82) is 0 Å². The van der Waals surface area contributed by atoms with Gasteiger partial charge in [0.15, 0.2) is 0 Å². The topological polar surface area (TPSA) is 73.9 Å². The Bertz CT molecular complexity index is 1050. The number of amides is 1. The first-order valence-corrected chi connectivity index (χ1v) is 17.2. The highest BCUT2D eigenvalue weighted by atomic mass is 16.5. The van der Waals surface area contributed by atoms with Crippen LogP contribution in [-0.4, -0.2) is 62.9 Å². The molecule has 0 unspecified atom stereocenters. The highest BCUT2D eigenvalue weighted by Gasteiger charge is 2.21. The Hall–Kier alpha value is -3.06. The fraction of sp³-hybridized carbons (Fsp3) is 0.622. The van der Waals surface area contributed by atoms with Crippen LogP contribution >= 0.6 is 0 Å². The number of nitrogens with zero attached hydrogens (tertiary/aromatic N) is 1. The molecule has 0 saturated carbocycles. The Morgan fingerprint density at radius 2 is 1.16 bits per heavy atom. The summed E-state index contributed by atoms with van der Waals surface area (Å²) < 4.78 is 18.7. The minimum Gasteiger partial charge on any atom is -0.493 e. The van der Waals surface area contributed by atoms with Gasteiger partial charge in [-0.25, -0.2) is 4.79 Å². The van der Waals surface area contributed by atoms with Crippen molar-refractivity contribution in [2.45, 2.75) is 105 Å². The molecule has 0 radical (unpaired) electrons. The van der Waals surface area contributed by atoms with Gasteiger partial charge in [0, 0.05) is 5.69 Å². The number of hydrogen-bond donors (Lipinski definition) is 1. The fourth-order valence-corrected chi connectivity index (χ4v) is 4.97. The van der Waals surface area contributed by atoms with E-state index in [1.54, 1.807) is 24.3 Å². The predicted octanol–water partition coefficient (Wildman–Crippen LogP) is 9.06. The van der Waals surface area contributed by atoms with E-state index in [1.165, 1.54) is 51.4 Å². The minimum absolute atomic E-state index is 0.298. The van der Waals surface area contributed by atoms with Gasteiger partial charge >= 0.3 is 5.97 Å². The number of benzene rings is 2. The molecule has 0 aliphatic rings. The number of unbranched alkanes of at least 4 members (excludes halogenated alkanes) is 10. The van der Waals surface area contributed by atoms with Gasteiger partial charge < -0.3 is 24.0 Å². The summed E-state index contributed by atoms with van der Waals surface area (Å²) in [5, 5.41) is 2.98. The highest BCUT2D eigenvalue weighted by molar-refractivity contribution is 6.08. The normalized spacial score (nSPS) is 11.3. The van der Waals surface area contributed by atoms with Crippen LogP contribution in [0.25, 0.3) is 0 Å². The molecule has 7 nitrogen and oxygen atoms in total. The first kappa shape index (κ1) is 37.1. The van der Waals surface area contributed by atoms with Gasteiger partial charge in [-0.15, -0.1) is 0 Å². The molecule has 0 heterocycles. The lowest BCUT2D eigenvalue weighted by atomic mass is 10.1. The van der Waals surface area contributed by atoms with Crippen LogP contribution in [0.1, 0.15) is 125 Å². The molecule has 0 aliphatic heterocycles. The molecule has 2 rings (SSSR count). The van der Waals surface area contributed by atoms with E-state index in [4.69, 9.17) is 14.2 Å². The van der Waals surface area contributed by atoms with Gasteiger partial charge in [-0.1, -0.05) is 84.1 Å². The predicted molar refractivity (Wildman–Crippen MR) is 181 cm³/mol. The molecule has 44 heavy (non-hydrogen) atoms. The van der Waals surface area contributed by atoms with Crippen LogP contribution in [-0.2, 0) is 4.74 Å². The summed E-state index contributed by atoms with van der Waals surface area (Å²) in [6, 6.07) is 12.4. The second kappa shape index (κ2) is 21.6. The summed E-state index contributed by atoms with van der Waals surface area (Å²) in [6.45, 7) is 12.9. The maximum atomic E-state index is 13.6. The number of anilines is 1. The van der Waals surface area contributed by atoms with E-state index >= 15 is 0 Å². The molecule has 1 N–H and O–H groups in total. The number of rotatable bonds is 24. The summed E-state index contributed by atoms with van der Waals surface area (Å²) >= 11 is 0. The molecule has 0 atom stereocenters. The van der Waals surface area contributed by atoms with Crippen LogP contribution in [0.5, 0.6) is 11.5 Å². The molecule has 0 saturated heterocycles. The van der Waals surface area contributed by atoms with Crippen molar-refractivity contribution in [1.82, 2.24) is 0 Å². The third kappa shape index (κ3) is 13.7. The molecule has 0 fully saturated rings. The maximum absolute atomic E-state index is 13.6. The van der Waals surface area contributed by atoms with Crippen molar-refractivity contribution >= 4 is 17.6 Å². The average molecular weight is 612 g/mol. The van der Waals surface area contributed by atoms with Gasteiger partial charge in [0.2, 0.25) is 0 Å². The summed E-state index contributed by atoms with van der Waals surface area (Å²) in [5.41, 5.74) is 1.44. The van der Waals surface area contributed by atoms with Crippen LogP contribution in [0.2, 0.25) is 0 Å². The standard InChI is InChI=1S/C37H58N2O5/c1-6-10-12-14-16-18-28-42-33-21-20-22-34(43-29-19-17-15-13-11-7-2)35(33)36(40)38-32-25-23-31(24-26-32)37(41)44-30-27-39(5,8-3)9-4/h20-26H,6-19,27-30H2,1-5H3/p+1. The maximum Gasteiger partial charge on any atom is 0.338 e. The van der Waals surface area contributed by atoms with Crippen molar-refractivity contribution < 1.29 is 28.3 Å². The van der Waals surface area contributed by atoms with Crippen molar-refractivity contribution in [2.75, 3.05) is 51.8 Å². The first-order chi connectivity index (χ1) is 21.4. The number of nitrogens with one attached hydrogen (secondary N) is 1. The second-order valence-corrected chi connectivity index (χ2v) is 12.0. The summed E-state index contributed by atoms with van der Waals surface area (Å²) in [5.74, 6) is 0.399. The minimum atomic E-state index is -0.361. The van der Waals surface area contributed by atoms with Gasteiger partial charge in [0.05, 0.1) is 38.9 Å². The zero-order valence-electron chi connectivity index (χ0n) is 28.3. The zero-order chi connectivity index (χ0) is 32.0. The Kier molecular flexibility index (Phi) is 18.2. The van der Waals surface area contributed by atoms with Gasteiger partial charge in [-0.2, -0.15) is 0 Å². The summed E-state index contributed by atoms with van der Waals surface area (Å²) in [7, 11) is 2.16. The molecule has 0 bridgehead atoms. The molecule has 2 aromatic rings. The molecule has 0 aromatic heterocycles. The molecule has 7 heteroatoms. The molecule has 0 aliphatic carbocycles. The van der Waals surface area contributed by atoms with Crippen molar-refractivity contribution in [2.24, 2.45) is 0 Å². The lowest BCUT2D eigenvalue weighted by Gasteiger charge is -2.31. The SMILES string of the molecule is CCCCCCCCOc1cccc(OCCCCCCCC)c1C(=O)Nc1ccc(C(=O)OCC[N+](C)(CC)CC)cc1. The van der Waals surface area contributed by atoms with Crippen molar-refractivity contribution in [3.63, 3.8) is 0 Å². The molecule has 1 amide bonds. The Balaban J connectivity index is 2.05. The van der Waals surface area contributed by atoms with Crippen LogP contribution in [0.3, 0.4) is 0 Å². The molecule has 0 spiro atoms. The molecular formula is C37H59N2O5+. The summed E-state index contributed by atoms with van der Waals surface area (Å²) in [4.78, 5) is 26.2. The number of carbonyl (C=O) groups is 2. The quantitative estimate of drug-likeness (QED) is 0.0728. The number of ether oxygens (including phenoxy) is 3. The largest absolute Gasteiger partial charge is 0.493 e. The van der Waals surface area contributed by atoms with Crippen LogP contribution in [0.15, 0.2) is 42.5 Å². The van der Waals surface area contributed by atoms with E-state index in [9.17, 15) is 9.59 Å². The monoisotopic (exact) mass is 611 g/mol. The third-order valence-corrected chi connectivity index (χ3v) is 8.50. The number of hydrogen-bond acceptors (Lipinski definition) is 5. The Morgan fingerprint density at radius 3 is 1.66 bits per heavy atom. The van der Waals surface area contributed by atoms with Gasteiger partial charge in [0.1, 0.15) is 30.2 Å². The van der Waals surface area contributed by atoms with E-state index in [1.807, 2.05) is 18.2 Å². The smallest absolute Gasteiger partial charge is 0.338 e. The molecule has 2 aromatic carbocycles. The first-order valence-electron chi connectivity index (χ1n) is 17.2. The van der Waals surface area contributed by atoms with Crippen molar-refractivity contribution in [3.05, 3.63) is 53.6 Å². The third-order valence-electron chi connectivity index (χ3n) is 8.50. The van der Waals surface area contributed by atoms with E-state index in [0.717, 1.165) is 49.8 Å². The Labute approximate surface area is 267 Å².